The van der Waals surface area contributed by atoms with Crippen LogP contribution >= 0.6 is 62.0 Å². The van der Waals surface area contributed by atoms with Gasteiger partial charge in [-0.3, -0.25) is 0 Å². The summed E-state index contributed by atoms with van der Waals surface area (Å²) in [6.07, 6.45) is 23.8. The SMILES string of the molecule is C1=CC2=NC1=CC1=NC(=CC3=NC(=CC4=NC(=C2)C=C4)C=C3)C=C1.Cl.Cl.Cl.Cl.Cl. The van der Waals surface area contributed by atoms with E-state index >= 15 is 0 Å². The normalized spacial score (nSPS) is 18.8. The third-order valence-electron chi connectivity index (χ3n) is 3.92. The lowest BCUT2D eigenvalue weighted by Gasteiger charge is -1.94. The first-order valence-electron chi connectivity index (χ1n) is 7.74. The summed E-state index contributed by atoms with van der Waals surface area (Å²) in [6, 6.07) is 0. The maximum atomic E-state index is 4.59. The maximum Gasteiger partial charge on any atom is 0.0659 e. The van der Waals surface area contributed by atoms with E-state index in [-0.39, 0.29) is 62.0 Å². The zero-order chi connectivity index (χ0) is 15.9. The van der Waals surface area contributed by atoms with Crippen LogP contribution in [0.15, 0.2) is 116 Å². The van der Waals surface area contributed by atoms with Gasteiger partial charge < -0.3 is 0 Å². The summed E-state index contributed by atoms with van der Waals surface area (Å²) >= 11 is 0. The summed E-state index contributed by atoms with van der Waals surface area (Å²) in [5, 5.41) is 0. The maximum absolute atomic E-state index is 4.59. The molecule has 0 saturated heterocycles. The summed E-state index contributed by atoms with van der Waals surface area (Å²) in [5.74, 6) is 0. The molecule has 5 aliphatic heterocycles. The first-order chi connectivity index (χ1) is 11.8. The van der Waals surface area contributed by atoms with Crippen molar-refractivity contribution < 1.29 is 0 Å². The monoisotopic (exact) mass is 488 g/mol. The molecule has 5 aliphatic rings. The Kier molecular flexibility index (Phi) is 10.5. The van der Waals surface area contributed by atoms with Gasteiger partial charge in [0.1, 0.15) is 0 Å². The van der Waals surface area contributed by atoms with Crippen molar-refractivity contribution in [2.24, 2.45) is 20.0 Å². The molecule has 0 N–H and O–H groups in total. The minimum Gasteiger partial charge on any atom is -0.249 e. The summed E-state index contributed by atoms with van der Waals surface area (Å²) in [5.41, 5.74) is 7.15. The number of aliphatic imine (C=N–C) groups is 4. The van der Waals surface area contributed by atoms with E-state index < -0.39 is 0 Å². The van der Waals surface area contributed by atoms with E-state index in [2.05, 4.69) is 20.0 Å². The molecule has 0 aliphatic carbocycles. The average Bonchev–Trinajstić information content (AvgIpc) is 3.32. The van der Waals surface area contributed by atoms with Crippen molar-refractivity contribution in [2.75, 3.05) is 0 Å². The van der Waals surface area contributed by atoms with Crippen LogP contribution < -0.4 is 0 Å². The number of allylic oxidation sites excluding steroid dienone is 12. The van der Waals surface area contributed by atoms with Crippen molar-refractivity contribution in [3.05, 3.63) is 95.7 Å². The van der Waals surface area contributed by atoms with Crippen LogP contribution in [0.1, 0.15) is 0 Å². The molecule has 4 nitrogen and oxygen atoms in total. The Hall–Kier alpha value is -1.95. The fourth-order valence-electron chi connectivity index (χ4n) is 2.83. The molecule has 5 rings (SSSR count). The number of hydrogen-bond acceptors (Lipinski definition) is 4. The van der Waals surface area contributed by atoms with E-state index in [1.165, 1.54) is 0 Å². The zero-order valence-corrected chi connectivity index (χ0v) is 18.8. The van der Waals surface area contributed by atoms with E-state index in [1.807, 2.05) is 72.9 Å². The van der Waals surface area contributed by atoms with Crippen LogP contribution in [0.25, 0.3) is 0 Å². The van der Waals surface area contributed by atoms with Crippen molar-refractivity contribution in [3.63, 3.8) is 0 Å². The number of nitrogens with zero attached hydrogens (tertiary/aromatic N) is 4. The van der Waals surface area contributed by atoms with Crippen molar-refractivity contribution in [1.29, 1.82) is 0 Å². The van der Waals surface area contributed by atoms with Gasteiger partial charge in [0.05, 0.1) is 45.6 Å². The van der Waals surface area contributed by atoms with E-state index in [1.54, 1.807) is 0 Å². The Morgan fingerprint density at radius 2 is 0.517 bits per heavy atom. The van der Waals surface area contributed by atoms with Crippen LogP contribution in [-0.2, 0) is 0 Å². The van der Waals surface area contributed by atoms with Gasteiger partial charge in [-0.1, -0.05) is 0 Å². The van der Waals surface area contributed by atoms with Crippen LogP contribution in [0, 0.1) is 0 Å². The van der Waals surface area contributed by atoms with Crippen molar-refractivity contribution in [2.45, 2.75) is 0 Å². The molecule has 0 aromatic rings. The van der Waals surface area contributed by atoms with Gasteiger partial charge in [0.15, 0.2) is 0 Å². The Bertz CT molecular complexity index is 861. The predicted molar refractivity (Wildman–Crippen MR) is 135 cm³/mol. The lowest BCUT2D eigenvalue weighted by atomic mass is 10.2. The number of fused-ring (bicyclic) bond motifs is 4. The van der Waals surface area contributed by atoms with E-state index in [0.717, 1.165) is 45.6 Å². The zero-order valence-electron chi connectivity index (χ0n) is 14.8. The fourth-order valence-corrected chi connectivity index (χ4v) is 2.83. The molecule has 8 bridgehead atoms. The van der Waals surface area contributed by atoms with Crippen LogP contribution in [0.5, 0.6) is 0 Å². The predicted octanol–water partition coefficient (Wildman–Crippen LogP) is 5.69. The Balaban J connectivity index is 0.00000157. The molecule has 5 heterocycles. The smallest absolute Gasteiger partial charge is 0.0659 e. The highest BCUT2D eigenvalue weighted by Gasteiger charge is 2.11. The fraction of sp³-hybridized carbons (Fsp3) is 0. The lowest BCUT2D eigenvalue weighted by Crippen LogP contribution is -1.89. The third-order valence-corrected chi connectivity index (χ3v) is 3.92. The molecule has 0 radical (unpaired) electrons. The topological polar surface area (TPSA) is 49.4 Å². The van der Waals surface area contributed by atoms with E-state index in [9.17, 15) is 0 Å². The number of halogens is 5. The molecule has 0 aromatic carbocycles. The molecule has 152 valence electrons. The molecule has 0 aromatic heterocycles. The second-order valence-electron chi connectivity index (χ2n) is 5.76. The first kappa shape index (κ1) is 27.0. The lowest BCUT2D eigenvalue weighted by molar-refractivity contribution is 1.41. The molecule has 0 fully saturated rings. The Labute approximate surface area is 199 Å². The van der Waals surface area contributed by atoms with Gasteiger partial charge in [0.2, 0.25) is 0 Å². The summed E-state index contributed by atoms with van der Waals surface area (Å²) in [4.78, 5) is 18.4. The number of hydrogen-bond donors (Lipinski definition) is 0. The molecule has 0 unspecified atom stereocenters. The molecule has 0 amide bonds. The molecular weight excluding hydrogens is 474 g/mol. The second kappa shape index (κ2) is 11.3. The van der Waals surface area contributed by atoms with Crippen molar-refractivity contribution in [3.8, 4) is 0 Å². The summed E-state index contributed by atoms with van der Waals surface area (Å²) in [6.45, 7) is 0. The third kappa shape index (κ3) is 6.01. The van der Waals surface area contributed by atoms with Gasteiger partial charge in [0.25, 0.3) is 0 Å². The Morgan fingerprint density at radius 1 is 0.310 bits per heavy atom. The van der Waals surface area contributed by atoms with Gasteiger partial charge in [0, 0.05) is 0 Å². The molecular formula is C20H17Cl5N4. The highest BCUT2D eigenvalue weighted by molar-refractivity contribution is 6.14. The van der Waals surface area contributed by atoms with Crippen LogP contribution in [0.2, 0.25) is 0 Å². The van der Waals surface area contributed by atoms with Crippen molar-refractivity contribution in [1.82, 2.24) is 0 Å². The van der Waals surface area contributed by atoms with Gasteiger partial charge in [-0.2, -0.15) is 0 Å². The van der Waals surface area contributed by atoms with Gasteiger partial charge in [-0.05, 0) is 72.9 Å². The minimum atomic E-state index is 0. The van der Waals surface area contributed by atoms with Crippen molar-refractivity contribution >= 4 is 84.9 Å². The van der Waals surface area contributed by atoms with Crippen LogP contribution in [0.4, 0.5) is 0 Å². The summed E-state index contributed by atoms with van der Waals surface area (Å²) < 4.78 is 0. The molecule has 0 atom stereocenters. The summed E-state index contributed by atoms with van der Waals surface area (Å²) in [7, 11) is 0. The minimum absolute atomic E-state index is 0. The van der Waals surface area contributed by atoms with Gasteiger partial charge in [-0.25, -0.2) is 20.0 Å². The molecule has 0 saturated carbocycles. The molecule has 29 heavy (non-hydrogen) atoms. The quantitative estimate of drug-likeness (QED) is 0.419. The van der Waals surface area contributed by atoms with Gasteiger partial charge in [-0.15, -0.1) is 62.0 Å². The standard InChI is InChI=1S/C20H12N4.5ClH/c1-2-14-10-16-5-6-18(23-16)12-20-8-7-19(24-20)11-17-4-3-15(22-17)9-13(1)21-14;;;;;/h1-12H;5*1H. The molecule has 0 spiro atoms. The van der Waals surface area contributed by atoms with Crippen LogP contribution in [-0.4, -0.2) is 22.8 Å². The second-order valence-corrected chi connectivity index (χ2v) is 5.76. The highest BCUT2D eigenvalue weighted by atomic mass is 35.5. The molecule has 9 heteroatoms. The first-order valence-corrected chi connectivity index (χ1v) is 7.74. The van der Waals surface area contributed by atoms with Crippen LogP contribution in [0.3, 0.4) is 0 Å². The highest BCUT2D eigenvalue weighted by Crippen LogP contribution is 2.20. The number of rotatable bonds is 0. The Morgan fingerprint density at radius 3 is 0.724 bits per heavy atom. The van der Waals surface area contributed by atoms with E-state index in [0.29, 0.717) is 0 Å². The van der Waals surface area contributed by atoms with Gasteiger partial charge >= 0.3 is 0 Å². The largest absolute Gasteiger partial charge is 0.249 e. The average molecular weight is 491 g/mol. The van der Waals surface area contributed by atoms with E-state index in [4.69, 9.17) is 0 Å².